The van der Waals surface area contributed by atoms with E-state index in [9.17, 15) is 4.79 Å². The Morgan fingerprint density at radius 3 is 2.80 bits per heavy atom. The van der Waals surface area contributed by atoms with Gasteiger partial charge in [0.25, 0.3) is 0 Å². The van der Waals surface area contributed by atoms with Gasteiger partial charge in [0.05, 0.1) is 0 Å². The van der Waals surface area contributed by atoms with E-state index < -0.39 is 0 Å². The molecule has 1 unspecified atom stereocenters. The third-order valence-electron chi connectivity index (χ3n) is 4.78. The summed E-state index contributed by atoms with van der Waals surface area (Å²) in [6.07, 6.45) is 8.02. The number of nitrogens with zero attached hydrogens (tertiary/aromatic N) is 1. The molecule has 108 valence electrons. The van der Waals surface area contributed by atoms with Crippen LogP contribution in [0.4, 0.5) is 11.4 Å². The highest BCUT2D eigenvalue weighted by atomic mass is 16.2. The Morgan fingerprint density at radius 1 is 1.30 bits per heavy atom. The van der Waals surface area contributed by atoms with E-state index >= 15 is 0 Å². The van der Waals surface area contributed by atoms with Gasteiger partial charge in [0.15, 0.2) is 0 Å². The maximum atomic E-state index is 12.7. The molecule has 1 aliphatic heterocycles. The molecule has 1 saturated carbocycles. The summed E-state index contributed by atoms with van der Waals surface area (Å²) >= 11 is 0. The number of benzene rings is 1. The summed E-state index contributed by atoms with van der Waals surface area (Å²) in [7, 11) is 0. The van der Waals surface area contributed by atoms with Crippen LogP contribution in [0.25, 0.3) is 0 Å². The van der Waals surface area contributed by atoms with Crippen molar-refractivity contribution in [2.24, 2.45) is 5.92 Å². The minimum atomic E-state index is 0.267. The highest BCUT2D eigenvalue weighted by Gasteiger charge is 2.32. The lowest BCUT2D eigenvalue weighted by atomic mass is 9.86. The maximum absolute atomic E-state index is 12.7. The molecule has 2 N–H and O–H groups in total. The Morgan fingerprint density at radius 2 is 2.05 bits per heavy atom. The van der Waals surface area contributed by atoms with Gasteiger partial charge in [-0.25, -0.2) is 0 Å². The third kappa shape index (κ3) is 2.54. The molecule has 0 radical (unpaired) electrons. The number of nitrogens with two attached hydrogens (primary N) is 1. The fourth-order valence-electron chi connectivity index (χ4n) is 3.77. The van der Waals surface area contributed by atoms with Crippen LogP contribution in [0.15, 0.2) is 18.2 Å². The maximum Gasteiger partial charge on any atom is 0.227 e. The van der Waals surface area contributed by atoms with Crippen LogP contribution in [-0.4, -0.2) is 11.9 Å². The van der Waals surface area contributed by atoms with E-state index in [-0.39, 0.29) is 6.04 Å². The molecule has 3 nitrogen and oxygen atoms in total. The predicted octanol–water partition coefficient (Wildman–Crippen LogP) is 3.52. The van der Waals surface area contributed by atoms with E-state index in [2.05, 4.69) is 6.92 Å². The third-order valence-corrected chi connectivity index (χ3v) is 4.78. The van der Waals surface area contributed by atoms with Gasteiger partial charge in [-0.2, -0.15) is 0 Å². The minimum Gasteiger partial charge on any atom is -0.399 e. The molecular formula is C17H24N2O. The molecule has 0 saturated heterocycles. The number of anilines is 2. The van der Waals surface area contributed by atoms with Crippen LogP contribution < -0.4 is 10.6 Å². The quantitative estimate of drug-likeness (QED) is 0.837. The first-order valence-electron chi connectivity index (χ1n) is 7.85. The monoisotopic (exact) mass is 272 g/mol. The summed E-state index contributed by atoms with van der Waals surface area (Å²) in [6, 6.07) is 6.19. The number of rotatable bonds is 2. The Labute approximate surface area is 121 Å². The molecule has 1 atom stereocenters. The average molecular weight is 272 g/mol. The van der Waals surface area contributed by atoms with Gasteiger partial charge >= 0.3 is 0 Å². The number of carbonyl (C=O) groups is 1. The molecule has 20 heavy (non-hydrogen) atoms. The molecular weight excluding hydrogens is 248 g/mol. The van der Waals surface area contributed by atoms with E-state index in [4.69, 9.17) is 5.73 Å². The molecule has 1 fully saturated rings. The van der Waals surface area contributed by atoms with E-state index in [0.29, 0.717) is 18.2 Å². The molecule has 1 aliphatic carbocycles. The number of carbonyl (C=O) groups excluding carboxylic acids is 1. The number of hydrogen-bond acceptors (Lipinski definition) is 2. The number of amides is 1. The number of hydrogen-bond donors (Lipinski definition) is 1. The Balaban J connectivity index is 1.75. The van der Waals surface area contributed by atoms with Crippen molar-refractivity contribution in [1.82, 2.24) is 0 Å². The van der Waals surface area contributed by atoms with Gasteiger partial charge in [-0.1, -0.05) is 19.3 Å². The molecule has 1 aromatic carbocycles. The van der Waals surface area contributed by atoms with Crippen molar-refractivity contribution in [3.8, 4) is 0 Å². The van der Waals surface area contributed by atoms with Crippen molar-refractivity contribution >= 4 is 17.3 Å². The van der Waals surface area contributed by atoms with E-state index in [0.717, 1.165) is 17.8 Å². The van der Waals surface area contributed by atoms with E-state index in [1.54, 1.807) is 0 Å². The van der Waals surface area contributed by atoms with Crippen molar-refractivity contribution in [1.29, 1.82) is 0 Å². The Kier molecular flexibility index (Phi) is 3.68. The first-order valence-corrected chi connectivity index (χ1v) is 7.85. The van der Waals surface area contributed by atoms with Crippen LogP contribution in [0.2, 0.25) is 0 Å². The van der Waals surface area contributed by atoms with Crippen molar-refractivity contribution in [3.63, 3.8) is 0 Å². The standard InChI is InChI=1S/C17H24N2O/c1-12-9-14-11-15(18)7-8-16(14)19(12)17(20)10-13-5-3-2-4-6-13/h7-8,11-13H,2-6,9-10,18H2,1H3. The van der Waals surface area contributed by atoms with Crippen LogP contribution in [0.3, 0.4) is 0 Å². The topological polar surface area (TPSA) is 46.3 Å². The average Bonchev–Trinajstić information content (AvgIpc) is 2.74. The van der Waals surface area contributed by atoms with Gasteiger partial charge in [0, 0.05) is 23.8 Å². The smallest absolute Gasteiger partial charge is 0.227 e. The molecule has 0 spiro atoms. The Hall–Kier alpha value is -1.51. The highest BCUT2D eigenvalue weighted by Crippen LogP contribution is 2.35. The lowest BCUT2D eigenvalue weighted by Crippen LogP contribution is -2.37. The molecule has 3 rings (SSSR count). The zero-order valence-corrected chi connectivity index (χ0v) is 12.3. The van der Waals surface area contributed by atoms with E-state index in [1.807, 2.05) is 23.1 Å². The molecule has 1 amide bonds. The molecule has 1 aromatic rings. The summed E-state index contributed by atoms with van der Waals surface area (Å²) in [4.78, 5) is 14.7. The fraction of sp³-hybridized carbons (Fsp3) is 0.588. The van der Waals surface area contributed by atoms with E-state index in [1.165, 1.54) is 37.7 Å². The van der Waals surface area contributed by atoms with Gasteiger partial charge in [-0.15, -0.1) is 0 Å². The van der Waals surface area contributed by atoms with Crippen LogP contribution in [0, 0.1) is 5.92 Å². The normalized spacial score (nSPS) is 22.9. The first kappa shape index (κ1) is 13.5. The zero-order chi connectivity index (χ0) is 14.1. The predicted molar refractivity (Wildman–Crippen MR) is 82.7 cm³/mol. The summed E-state index contributed by atoms with van der Waals surface area (Å²) in [5, 5.41) is 0. The molecule has 3 heteroatoms. The van der Waals surface area contributed by atoms with Crippen molar-refractivity contribution in [2.75, 3.05) is 10.6 Å². The van der Waals surface area contributed by atoms with Crippen molar-refractivity contribution < 1.29 is 4.79 Å². The summed E-state index contributed by atoms with van der Waals surface area (Å²) in [5.41, 5.74) is 8.93. The lowest BCUT2D eigenvalue weighted by Gasteiger charge is -2.27. The highest BCUT2D eigenvalue weighted by molar-refractivity contribution is 5.96. The van der Waals surface area contributed by atoms with Gasteiger partial charge < -0.3 is 10.6 Å². The summed E-state index contributed by atoms with van der Waals surface area (Å²) < 4.78 is 0. The van der Waals surface area contributed by atoms with Crippen LogP contribution in [0.5, 0.6) is 0 Å². The van der Waals surface area contributed by atoms with Crippen molar-refractivity contribution in [2.45, 2.75) is 57.9 Å². The number of fused-ring (bicyclic) bond motifs is 1. The molecule has 0 bridgehead atoms. The van der Waals surface area contributed by atoms with Gasteiger partial charge in [0.2, 0.25) is 5.91 Å². The van der Waals surface area contributed by atoms with Gasteiger partial charge in [0.1, 0.15) is 0 Å². The molecule has 1 heterocycles. The van der Waals surface area contributed by atoms with Gasteiger partial charge in [-0.3, -0.25) is 4.79 Å². The largest absolute Gasteiger partial charge is 0.399 e. The summed E-state index contributed by atoms with van der Waals surface area (Å²) in [6.45, 7) is 2.13. The number of nitrogen functional groups attached to an aromatic ring is 1. The van der Waals surface area contributed by atoms with Crippen LogP contribution in [0.1, 0.15) is 51.0 Å². The fourth-order valence-corrected chi connectivity index (χ4v) is 3.77. The minimum absolute atomic E-state index is 0.267. The summed E-state index contributed by atoms with van der Waals surface area (Å²) in [5.74, 6) is 0.897. The van der Waals surface area contributed by atoms with Crippen molar-refractivity contribution in [3.05, 3.63) is 23.8 Å². The van der Waals surface area contributed by atoms with Crippen LogP contribution >= 0.6 is 0 Å². The SMILES string of the molecule is CC1Cc2cc(N)ccc2N1C(=O)CC1CCCCC1. The molecule has 2 aliphatic rings. The second kappa shape index (κ2) is 5.47. The second-order valence-corrected chi connectivity index (χ2v) is 6.41. The van der Waals surface area contributed by atoms with Gasteiger partial charge in [-0.05, 0) is 55.9 Å². The first-order chi connectivity index (χ1) is 9.65. The molecule has 0 aromatic heterocycles. The van der Waals surface area contributed by atoms with Crippen LogP contribution in [-0.2, 0) is 11.2 Å². The lowest BCUT2D eigenvalue weighted by molar-refractivity contribution is -0.120. The zero-order valence-electron chi connectivity index (χ0n) is 12.3. The Bertz CT molecular complexity index is 506. The second-order valence-electron chi connectivity index (χ2n) is 6.41.